The monoisotopic (exact) mass is 329 g/mol. The van der Waals surface area contributed by atoms with Crippen LogP contribution in [0.25, 0.3) is 0 Å². The highest BCUT2D eigenvalue weighted by atomic mass is 16.6. The number of nitro benzene ring substituents is 1. The zero-order valence-electron chi connectivity index (χ0n) is 13.3. The molecule has 7 heteroatoms. The molecule has 3 N–H and O–H groups in total. The summed E-state index contributed by atoms with van der Waals surface area (Å²) in [6.07, 6.45) is 0.162. The predicted octanol–water partition coefficient (Wildman–Crippen LogP) is 2.84. The fourth-order valence-corrected chi connectivity index (χ4v) is 2.21. The maximum absolute atomic E-state index is 12.0. The Balaban J connectivity index is 1.92. The van der Waals surface area contributed by atoms with Crippen molar-refractivity contribution in [2.24, 2.45) is 0 Å². The number of rotatable bonds is 7. The number of amides is 1. The number of hydrogen-bond donors (Lipinski definition) is 3. The van der Waals surface area contributed by atoms with Gasteiger partial charge >= 0.3 is 0 Å². The number of hydrogen-bond acceptors (Lipinski definition) is 5. The molecule has 0 heterocycles. The number of anilines is 2. The Morgan fingerprint density at radius 2 is 1.96 bits per heavy atom. The third kappa shape index (κ3) is 4.53. The number of nitro groups is 1. The van der Waals surface area contributed by atoms with Crippen LogP contribution in [-0.2, 0) is 11.4 Å². The van der Waals surface area contributed by atoms with Gasteiger partial charge in [0.1, 0.15) is 5.69 Å². The molecule has 2 rings (SSSR count). The third-order valence-electron chi connectivity index (χ3n) is 3.53. The molecular formula is C17H19N3O4. The first-order valence-electron chi connectivity index (χ1n) is 7.49. The highest BCUT2D eigenvalue weighted by Crippen LogP contribution is 2.23. The van der Waals surface area contributed by atoms with Crippen LogP contribution in [0.5, 0.6) is 0 Å². The highest BCUT2D eigenvalue weighted by molar-refractivity contribution is 5.91. The zero-order valence-corrected chi connectivity index (χ0v) is 13.3. The summed E-state index contributed by atoms with van der Waals surface area (Å²) in [5.74, 6) is -0.209. The minimum Gasteiger partial charge on any atom is -0.392 e. The smallest absolute Gasteiger partial charge is 0.292 e. The molecule has 0 aliphatic heterocycles. The van der Waals surface area contributed by atoms with E-state index in [1.165, 1.54) is 6.07 Å². The average Bonchev–Trinajstić information content (AvgIpc) is 2.57. The molecule has 2 aromatic carbocycles. The first-order chi connectivity index (χ1) is 11.5. The van der Waals surface area contributed by atoms with E-state index in [2.05, 4.69) is 10.6 Å². The van der Waals surface area contributed by atoms with Crippen molar-refractivity contribution in [1.29, 1.82) is 0 Å². The number of nitrogens with zero attached hydrogens (tertiary/aromatic N) is 1. The number of benzene rings is 2. The Bertz CT molecular complexity index is 746. The Morgan fingerprint density at radius 3 is 2.67 bits per heavy atom. The first-order valence-corrected chi connectivity index (χ1v) is 7.49. The highest BCUT2D eigenvalue weighted by Gasteiger charge is 2.12. The van der Waals surface area contributed by atoms with Crippen LogP contribution in [0.15, 0.2) is 42.5 Å². The Hall–Kier alpha value is -2.93. The fraction of sp³-hybridized carbons (Fsp3) is 0.235. The summed E-state index contributed by atoms with van der Waals surface area (Å²) in [6, 6.07) is 11.6. The second-order valence-corrected chi connectivity index (χ2v) is 5.31. The molecule has 1 amide bonds. The van der Waals surface area contributed by atoms with Gasteiger partial charge in [-0.25, -0.2) is 0 Å². The molecular weight excluding hydrogens is 310 g/mol. The molecule has 24 heavy (non-hydrogen) atoms. The van der Waals surface area contributed by atoms with Crippen molar-refractivity contribution in [2.45, 2.75) is 20.0 Å². The molecule has 0 unspecified atom stereocenters. The summed E-state index contributed by atoms with van der Waals surface area (Å²) in [4.78, 5) is 22.5. The van der Waals surface area contributed by atoms with E-state index in [1.807, 2.05) is 13.0 Å². The van der Waals surface area contributed by atoms with Gasteiger partial charge in [-0.1, -0.05) is 24.3 Å². The quantitative estimate of drug-likeness (QED) is 0.535. The lowest BCUT2D eigenvalue weighted by molar-refractivity contribution is -0.384. The summed E-state index contributed by atoms with van der Waals surface area (Å²) in [7, 11) is 0. The van der Waals surface area contributed by atoms with Gasteiger partial charge in [-0.2, -0.15) is 0 Å². The van der Waals surface area contributed by atoms with E-state index in [9.17, 15) is 14.9 Å². The lowest BCUT2D eigenvalue weighted by Crippen LogP contribution is -2.17. The van der Waals surface area contributed by atoms with Gasteiger partial charge in [0.05, 0.1) is 11.5 Å². The number of aryl methyl sites for hydroxylation is 1. The number of aliphatic hydroxyl groups is 1. The minimum absolute atomic E-state index is 0.0237. The van der Waals surface area contributed by atoms with Crippen LogP contribution in [0, 0.1) is 17.0 Å². The Morgan fingerprint density at radius 1 is 1.21 bits per heavy atom. The van der Waals surface area contributed by atoms with E-state index in [0.717, 1.165) is 5.56 Å². The van der Waals surface area contributed by atoms with Gasteiger partial charge in [0.15, 0.2) is 0 Å². The average molecular weight is 329 g/mol. The standard InChI is InChI=1S/C17H19N3O4/c1-12-6-7-13(11-21)10-15(12)19-17(22)8-9-18-14-4-2-3-5-16(14)20(23)24/h2-7,10,18,21H,8-9,11H2,1H3,(H,19,22). The van der Waals surface area contributed by atoms with Gasteiger partial charge in [0, 0.05) is 24.7 Å². The molecule has 0 fully saturated rings. The zero-order chi connectivity index (χ0) is 17.5. The summed E-state index contributed by atoms with van der Waals surface area (Å²) in [5.41, 5.74) is 2.62. The SMILES string of the molecule is Cc1ccc(CO)cc1NC(=O)CCNc1ccccc1[N+](=O)[O-]. The number of carbonyl (C=O) groups excluding carboxylic acids is 1. The summed E-state index contributed by atoms with van der Waals surface area (Å²) >= 11 is 0. The van der Waals surface area contributed by atoms with Crippen molar-refractivity contribution >= 4 is 23.0 Å². The van der Waals surface area contributed by atoms with Crippen LogP contribution >= 0.6 is 0 Å². The van der Waals surface area contributed by atoms with E-state index >= 15 is 0 Å². The second kappa shape index (κ2) is 8.07. The van der Waals surface area contributed by atoms with Crippen molar-refractivity contribution in [2.75, 3.05) is 17.2 Å². The van der Waals surface area contributed by atoms with E-state index < -0.39 is 4.92 Å². The van der Waals surface area contributed by atoms with E-state index in [4.69, 9.17) is 5.11 Å². The second-order valence-electron chi connectivity index (χ2n) is 5.31. The lowest BCUT2D eigenvalue weighted by atomic mass is 10.1. The molecule has 0 bridgehead atoms. The van der Waals surface area contributed by atoms with Crippen LogP contribution in [0.3, 0.4) is 0 Å². The van der Waals surface area contributed by atoms with Crippen LogP contribution < -0.4 is 10.6 Å². The Kier molecular flexibility index (Phi) is 5.86. The summed E-state index contributed by atoms with van der Waals surface area (Å²) in [5, 5.41) is 25.8. The molecule has 7 nitrogen and oxygen atoms in total. The molecule has 126 valence electrons. The van der Waals surface area contributed by atoms with Gasteiger partial charge in [-0.05, 0) is 30.2 Å². The number of para-hydroxylation sites is 2. The van der Waals surface area contributed by atoms with Gasteiger partial charge < -0.3 is 15.7 Å². The molecule has 2 aromatic rings. The van der Waals surface area contributed by atoms with Crippen molar-refractivity contribution < 1.29 is 14.8 Å². The van der Waals surface area contributed by atoms with E-state index in [-0.39, 0.29) is 31.2 Å². The summed E-state index contributed by atoms with van der Waals surface area (Å²) < 4.78 is 0. The van der Waals surface area contributed by atoms with Crippen LogP contribution in [0.2, 0.25) is 0 Å². The summed E-state index contributed by atoms with van der Waals surface area (Å²) in [6.45, 7) is 2.04. The number of nitrogens with one attached hydrogen (secondary N) is 2. The lowest BCUT2D eigenvalue weighted by Gasteiger charge is -2.11. The fourth-order valence-electron chi connectivity index (χ4n) is 2.21. The van der Waals surface area contributed by atoms with Gasteiger partial charge in [-0.3, -0.25) is 14.9 Å². The van der Waals surface area contributed by atoms with Crippen molar-refractivity contribution in [3.63, 3.8) is 0 Å². The predicted molar refractivity (Wildman–Crippen MR) is 91.9 cm³/mol. The first kappa shape index (κ1) is 17.4. The minimum atomic E-state index is -0.466. The molecule has 0 spiro atoms. The van der Waals surface area contributed by atoms with E-state index in [1.54, 1.807) is 30.3 Å². The molecule has 0 saturated heterocycles. The largest absolute Gasteiger partial charge is 0.392 e. The molecule has 0 radical (unpaired) electrons. The number of aliphatic hydroxyl groups excluding tert-OH is 1. The van der Waals surface area contributed by atoms with Crippen LogP contribution in [-0.4, -0.2) is 22.5 Å². The van der Waals surface area contributed by atoms with Gasteiger partial charge in [0.2, 0.25) is 5.91 Å². The van der Waals surface area contributed by atoms with Crippen molar-refractivity contribution in [3.05, 3.63) is 63.7 Å². The van der Waals surface area contributed by atoms with Gasteiger partial charge in [0.25, 0.3) is 5.69 Å². The van der Waals surface area contributed by atoms with Crippen LogP contribution in [0.1, 0.15) is 17.5 Å². The molecule has 0 aromatic heterocycles. The molecule has 0 aliphatic rings. The topological polar surface area (TPSA) is 104 Å². The molecule has 0 aliphatic carbocycles. The maximum Gasteiger partial charge on any atom is 0.292 e. The van der Waals surface area contributed by atoms with E-state index in [0.29, 0.717) is 16.9 Å². The third-order valence-corrected chi connectivity index (χ3v) is 3.53. The van der Waals surface area contributed by atoms with Gasteiger partial charge in [-0.15, -0.1) is 0 Å². The molecule has 0 saturated carbocycles. The van der Waals surface area contributed by atoms with Crippen molar-refractivity contribution in [1.82, 2.24) is 0 Å². The normalized spacial score (nSPS) is 10.2. The van der Waals surface area contributed by atoms with Crippen molar-refractivity contribution in [3.8, 4) is 0 Å². The Labute approximate surface area is 139 Å². The molecule has 0 atom stereocenters. The maximum atomic E-state index is 12.0. The number of carbonyl (C=O) groups is 1. The van der Waals surface area contributed by atoms with Crippen LogP contribution in [0.4, 0.5) is 17.1 Å².